The molecule has 5 heteroatoms. The summed E-state index contributed by atoms with van der Waals surface area (Å²) >= 11 is 0. The van der Waals surface area contributed by atoms with E-state index in [1.54, 1.807) is 4.31 Å². The van der Waals surface area contributed by atoms with Crippen LogP contribution in [0.25, 0.3) is 10.8 Å². The lowest BCUT2D eigenvalue weighted by molar-refractivity contribution is 0.182. The van der Waals surface area contributed by atoms with E-state index in [4.69, 9.17) is 0 Å². The van der Waals surface area contributed by atoms with E-state index in [9.17, 15) is 8.42 Å². The molecule has 0 N–H and O–H groups in total. The molecule has 0 bridgehead atoms. The number of rotatable bonds is 3. The lowest BCUT2D eigenvalue weighted by atomic mass is 10.1. The monoisotopic (exact) mass is 304 g/mol. The third-order valence-corrected chi connectivity index (χ3v) is 5.32. The molecule has 1 aliphatic heterocycles. The van der Waals surface area contributed by atoms with Gasteiger partial charge in [-0.25, -0.2) is 8.42 Å². The first-order chi connectivity index (χ1) is 10.0. The van der Waals surface area contributed by atoms with E-state index in [0.29, 0.717) is 13.1 Å². The number of fused-ring (bicyclic) bond motifs is 1. The molecular formula is C16H20N2O2S. The fourth-order valence-corrected chi connectivity index (χ4v) is 3.64. The van der Waals surface area contributed by atoms with Crippen LogP contribution in [0.15, 0.2) is 42.5 Å². The first-order valence-electron chi connectivity index (χ1n) is 7.17. The molecule has 21 heavy (non-hydrogen) atoms. The average Bonchev–Trinajstić information content (AvgIpc) is 2.47. The Morgan fingerprint density at radius 3 is 2.29 bits per heavy atom. The molecule has 0 radical (unpaired) electrons. The molecule has 3 rings (SSSR count). The Morgan fingerprint density at radius 1 is 0.952 bits per heavy atom. The summed E-state index contributed by atoms with van der Waals surface area (Å²) in [6, 6.07) is 14.9. The predicted octanol–water partition coefficient (Wildman–Crippen LogP) is 1.92. The van der Waals surface area contributed by atoms with Crippen molar-refractivity contribution in [3.63, 3.8) is 0 Å². The van der Waals surface area contributed by atoms with Gasteiger partial charge in [0.2, 0.25) is 10.0 Å². The third-order valence-electron chi connectivity index (χ3n) is 4.02. The van der Waals surface area contributed by atoms with Gasteiger partial charge in [0.15, 0.2) is 0 Å². The topological polar surface area (TPSA) is 40.6 Å². The SMILES string of the molecule is CS(=O)(=O)N1CCN(Cc2ccc3ccccc3c2)CC1. The highest BCUT2D eigenvalue weighted by Crippen LogP contribution is 2.17. The molecular weight excluding hydrogens is 284 g/mol. The number of sulfonamides is 1. The Bertz CT molecular complexity index is 735. The Balaban J connectivity index is 1.67. The number of benzene rings is 2. The summed E-state index contributed by atoms with van der Waals surface area (Å²) in [4.78, 5) is 2.31. The van der Waals surface area contributed by atoms with E-state index in [1.807, 2.05) is 6.07 Å². The van der Waals surface area contributed by atoms with Gasteiger partial charge in [-0.05, 0) is 22.4 Å². The highest BCUT2D eigenvalue weighted by Gasteiger charge is 2.23. The van der Waals surface area contributed by atoms with E-state index >= 15 is 0 Å². The molecule has 112 valence electrons. The third kappa shape index (κ3) is 3.43. The van der Waals surface area contributed by atoms with Gasteiger partial charge in [0, 0.05) is 32.7 Å². The molecule has 4 nitrogen and oxygen atoms in total. The van der Waals surface area contributed by atoms with Crippen LogP contribution in [0.4, 0.5) is 0 Å². The van der Waals surface area contributed by atoms with Crippen LogP contribution in [-0.2, 0) is 16.6 Å². The Labute approximate surface area is 126 Å². The zero-order valence-corrected chi connectivity index (χ0v) is 13.0. The summed E-state index contributed by atoms with van der Waals surface area (Å²) in [5.41, 5.74) is 1.28. The van der Waals surface area contributed by atoms with Crippen molar-refractivity contribution in [3.05, 3.63) is 48.0 Å². The minimum atomic E-state index is -3.04. The molecule has 0 atom stereocenters. The molecule has 0 aromatic heterocycles. The van der Waals surface area contributed by atoms with Gasteiger partial charge < -0.3 is 0 Å². The van der Waals surface area contributed by atoms with Crippen molar-refractivity contribution < 1.29 is 8.42 Å². The number of hydrogen-bond acceptors (Lipinski definition) is 3. The van der Waals surface area contributed by atoms with Gasteiger partial charge in [-0.1, -0.05) is 36.4 Å². The molecule has 1 fully saturated rings. The largest absolute Gasteiger partial charge is 0.296 e. The Hall–Kier alpha value is -1.43. The highest BCUT2D eigenvalue weighted by molar-refractivity contribution is 7.88. The number of piperazine rings is 1. The second kappa shape index (κ2) is 5.75. The fourth-order valence-electron chi connectivity index (χ4n) is 2.81. The van der Waals surface area contributed by atoms with E-state index < -0.39 is 10.0 Å². The maximum absolute atomic E-state index is 11.5. The summed E-state index contributed by atoms with van der Waals surface area (Å²) in [7, 11) is -3.04. The molecule has 1 heterocycles. The van der Waals surface area contributed by atoms with Crippen LogP contribution in [0, 0.1) is 0 Å². The predicted molar refractivity (Wildman–Crippen MR) is 85.6 cm³/mol. The maximum atomic E-state index is 11.5. The van der Waals surface area contributed by atoms with E-state index in [1.165, 1.54) is 22.6 Å². The van der Waals surface area contributed by atoms with Gasteiger partial charge in [-0.15, -0.1) is 0 Å². The Kier molecular flexibility index (Phi) is 3.97. The van der Waals surface area contributed by atoms with E-state index in [0.717, 1.165) is 19.6 Å². The quantitative estimate of drug-likeness (QED) is 0.870. The molecule has 2 aromatic carbocycles. The second-order valence-electron chi connectivity index (χ2n) is 5.62. The van der Waals surface area contributed by atoms with Gasteiger partial charge >= 0.3 is 0 Å². The smallest absolute Gasteiger partial charge is 0.211 e. The Morgan fingerprint density at radius 2 is 1.62 bits per heavy atom. The van der Waals surface area contributed by atoms with Gasteiger partial charge in [0.25, 0.3) is 0 Å². The number of nitrogens with zero attached hydrogens (tertiary/aromatic N) is 2. The highest BCUT2D eigenvalue weighted by atomic mass is 32.2. The van der Waals surface area contributed by atoms with Crippen molar-refractivity contribution in [1.29, 1.82) is 0 Å². The van der Waals surface area contributed by atoms with Gasteiger partial charge in [-0.3, -0.25) is 4.90 Å². The first kappa shape index (κ1) is 14.5. The lowest BCUT2D eigenvalue weighted by Crippen LogP contribution is -2.47. The van der Waals surface area contributed by atoms with Gasteiger partial charge in [0.05, 0.1) is 6.26 Å². The van der Waals surface area contributed by atoms with Crippen molar-refractivity contribution in [2.75, 3.05) is 32.4 Å². The molecule has 0 spiro atoms. The minimum absolute atomic E-state index is 0.590. The average molecular weight is 304 g/mol. The van der Waals surface area contributed by atoms with E-state index in [-0.39, 0.29) is 0 Å². The molecule has 0 unspecified atom stereocenters. The fraction of sp³-hybridized carbons (Fsp3) is 0.375. The zero-order chi connectivity index (χ0) is 14.9. The maximum Gasteiger partial charge on any atom is 0.211 e. The molecule has 0 saturated carbocycles. The zero-order valence-electron chi connectivity index (χ0n) is 12.2. The standard InChI is InChI=1S/C16H20N2O2S/c1-21(19,20)18-10-8-17(9-11-18)13-14-6-7-15-4-2-3-5-16(15)12-14/h2-7,12H,8-11,13H2,1H3. The van der Waals surface area contributed by atoms with Gasteiger partial charge in [0.1, 0.15) is 0 Å². The van der Waals surface area contributed by atoms with Crippen molar-refractivity contribution in [2.45, 2.75) is 6.54 Å². The van der Waals surface area contributed by atoms with Crippen LogP contribution in [0.2, 0.25) is 0 Å². The summed E-state index contributed by atoms with van der Waals surface area (Å²) in [6.07, 6.45) is 1.28. The molecule has 1 saturated heterocycles. The summed E-state index contributed by atoms with van der Waals surface area (Å²) < 4.78 is 24.6. The van der Waals surface area contributed by atoms with Crippen LogP contribution in [0.3, 0.4) is 0 Å². The lowest BCUT2D eigenvalue weighted by Gasteiger charge is -2.33. The minimum Gasteiger partial charge on any atom is -0.296 e. The summed E-state index contributed by atoms with van der Waals surface area (Å²) in [5, 5.41) is 2.51. The number of hydrogen-bond donors (Lipinski definition) is 0. The van der Waals surface area contributed by atoms with Crippen molar-refractivity contribution in [2.24, 2.45) is 0 Å². The van der Waals surface area contributed by atoms with Gasteiger partial charge in [-0.2, -0.15) is 4.31 Å². The van der Waals surface area contributed by atoms with Crippen LogP contribution in [-0.4, -0.2) is 50.1 Å². The van der Waals surface area contributed by atoms with Crippen LogP contribution in [0.5, 0.6) is 0 Å². The summed E-state index contributed by atoms with van der Waals surface area (Å²) in [6.45, 7) is 3.64. The van der Waals surface area contributed by atoms with Crippen LogP contribution < -0.4 is 0 Å². The van der Waals surface area contributed by atoms with Crippen molar-refractivity contribution in [1.82, 2.24) is 9.21 Å². The van der Waals surface area contributed by atoms with E-state index in [2.05, 4.69) is 41.3 Å². The van der Waals surface area contributed by atoms with Crippen LogP contribution >= 0.6 is 0 Å². The molecule has 1 aliphatic rings. The van der Waals surface area contributed by atoms with Crippen molar-refractivity contribution in [3.8, 4) is 0 Å². The second-order valence-corrected chi connectivity index (χ2v) is 7.60. The van der Waals surface area contributed by atoms with Crippen LogP contribution in [0.1, 0.15) is 5.56 Å². The normalized spacial score (nSPS) is 18.1. The summed E-state index contributed by atoms with van der Waals surface area (Å²) in [5.74, 6) is 0. The van der Waals surface area contributed by atoms with Crippen molar-refractivity contribution >= 4 is 20.8 Å². The molecule has 0 aliphatic carbocycles. The first-order valence-corrected chi connectivity index (χ1v) is 9.02. The molecule has 2 aromatic rings. The molecule has 0 amide bonds.